The van der Waals surface area contributed by atoms with Crippen LogP contribution in [0.5, 0.6) is 5.75 Å². The summed E-state index contributed by atoms with van der Waals surface area (Å²) in [7, 11) is 0. The standard InChI is InChI=1S/C17H21ClN2O4/c1-10(21)20-9-11(22)8-15(20)17(23)19-14-6-3-7-24-16-12(14)4-2-5-13(16)18/h2,4-5,11,14-15,22H,3,6-9H2,1H3,(H,19,23)/t11-,14?,15-/m1/s1. The Morgan fingerprint density at radius 2 is 2.21 bits per heavy atom. The number of fused-ring (bicyclic) bond motifs is 1. The maximum Gasteiger partial charge on any atom is 0.243 e. The van der Waals surface area contributed by atoms with Crippen molar-refractivity contribution in [3.63, 3.8) is 0 Å². The number of carbonyl (C=O) groups is 2. The Balaban J connectivity index is 1.80. The number of aliphatic hydroxyl groups is 1. The Labute approximate surface area is 145 Å². The second-order valence-corrected chi connectivity index (χ2v) is 6.69. The van der Waals surface area contributed by atoms with E-state index in [0.717, 1.165) is 18.4 Å². The lowest BCUT2D eigenvalue weighted by atomic mass is 10.0. The predicted molar refractivity (Wildman–Crippen MR) is 88.9 cm³/mol. The lowest BCUT2D eigenvalue weighted by Gasteiger charge is -2.25. The third-order valence-electron chi connectivity index (χ3n) is 4.56. The summed E-state index contributed by atoms with van der Waals surface area (Å²) in [5.74, 6) is 0.149. The van der Waals surface area contributed by atoms with Crippen molar-refractivity contribution in [2.75, 3.05) is 13.2 Å². The molecule has 2 heterocycles. The number of ether oxygens (including phenoxy) is 1. The van der Waals surface area contributed by atoms with E-state index < -0.39 is 12.1 Å². The Morgan fingerprint density at radius 1 is 1.42 bits per heavy atom. The molecule has 0 saturated carbocycles. The first-order valence-electron chi connectivity index (χ1n) is 8.14. The number of amides is 2. The van der Waals surface area contributed by atoms with Gasteiger partial charge >= 0.3 is 0 Å². The molecule has 3 rings (SSSR count). The van der Waals surface area contributed by atoms with Crippen molar-refractivity contribution >= 4 is 23.4 Å². The van der Waals surface area contributed by atoms with Crippen LogP contribution in [0, 0.1) is 0 Å². The summed E-state index contributed by atoms with van der Waals surface area (Å²) in [5.41, 5.74) is 0.848. The number of nitrogens with zero attached hydrogens (tertiary/aromatic N) is 1. The Bertz CT molecular complexity index is 651. The highest BCUT2D eigenvalue weighted by Gasteiger charge is 2.38. The van der Waals surface area contributed by atoms with E-state index in [1.165, 1.54) is 11.8 Å². The summed E-state index contributed by atoms with van der Waals surface area (Å²) in [4.78, 5) is 25.8. The van der Waals surface area contributed by atoms with Crippen molar-refractivity contribution < 1.29 is 19.4 Å². The average molecular weight is 353 g/mol. The first kappa shape index (κ1) is 17.0. The summed E-state index contributed by atoms with van der Waals surface area (Å²) < 4.78 is 5.71. The molecule has 2 aliphatic heterocycles. The molecule has 0 radical (unpaired) electrons. The normalized spacial score (nSPS) is 26.3. The molecule has 24 heavy (non-hydrogen) atoms. The molecule has 2 N–H and O–H groups in total. The van der Waals surface area contributed by atoms with E-state index in [2.05, 4.69) is 5.32 Å². The van der Waals surface area contributed by atoms with Gasteiger partial charge in [-0.1, -0.05) is 23.7 Å². The molecule has 0 spiro atoms. The van der Waals surface area contributed by atoms with Gasteiger partial charge in [-0.25, -0.2) is 0 Å². The highest BCUT2D eigenvalue weighted by molar-refractivity contribution is 6.32. The van der Waals surface area contributed by atoms with Gasteiger partial charge in [-0.2, -0.15) is 0 Å². The number of halogens is 1. The van der Waals surface area contributed by atoms with E-state index in [1.54, 1.807) is 6.07 Å². The van der Waals surface area contributed by atoms with Crippen LogP contribution in [0.2, 0.25) is 5.02 Å². The van der Waals surface area contributed by atoms with Crippen molar-refractivity contribution in [2.45, 2.75) is 44.4 Å². The Hall–Kier alpha value is -1.79. The van der Waals surface area contributed by atoms with Gasteiger partial charge in [0.2, 0.25) is 11.8 Å². The molecule has 7 heteroatoms. The zero-order chi connectivity index (χ0) is 17.3. The first-order valence-corrected chi connectivity index (χ1v) is 8.52. The molecule has 2 aliphatic rings. The molecule has 1 unspecified atom stereocenters. The molecule has 2 amide bonds. The van der Waals surface area contributed by atoms with Crippen LogP contribution in [0.3, 0.4) is 0 Å². The topological polar surface area (TPSA) is 78.9 Å². The maximum atomic E-state index is 12.7. The molecule has 1 aromatic rings. The van der Waals surface area contributed by atoms with Gasteiger partial charge in [0.25, 0.3) is 0 Å². The number of hydrogen-bond donors (Lipinski definition) is 2. The van der Waals surface area contributed by atoms with E-state index in [4.69, 9.17) is 16.3 Å². The third-order valence-corrected chi connectivity index (χ3v) is 4.86. The van der Waals surface area contributed by atoms with Gasteiger partial charge in [0.15, 0.2) is 0 Å². The molecule has 0 aromatic heterocycles. The van der Waals surface area contributed by atoms with Crippen molar-refractivity contribution in [3.8, 4) is 5.75 Å². The van der Waals surface area contributed by atoms with E-state index >= 15 is 0 Å². The average Bonchev–Trinajstić information content (AvgIpc) is 2.82. The molecular formula is C17H21ClN2O4. The number of hydrogen-bond acceptors (Lipinski definition) is 4. The quantitative estimate of drug-likeness (QED) is 0.848. The number of β-amino-alcohol motifs (C(OH)–C–C–N with tert-alkyl or cyclic N) is 1. The van der Waals surface area contributed by atoms with Gasteiger partial charge in [-0.05, 0) is 18.9 Å². The third kappa shape index (κ3) is 3.35. The van der Waals surface area contributed by atoms with Gasteiger partial charge in [-0.15, -0.1) is 0 Å². The van der Waals surface area contributed by atoms with Crippen molar-refractivity contribution in [1.29, 1.82) is 0 Å². The van der Waals surface area contributed by atoms with Crippen LogP contribution >= 0.6 is 11.6 Å². The van der Waals surface area contributed by atoms with Crippen molar-refractivity contribution in [3.05, 3.63) is 28.8 Å². The highest BCUT2D eigenvalue weighted by atomic mass is 35.5. The molecule has 130 valence electrons. The summed E-state index contributed by atoms with van der Waals surface area (Å²) in [6.07, 6.45) is 1.12. The predicted octanol–water partition coefficient (Wildman–Crippen LogP) is 1.65. The highest BCUT2D eigenvalue weighted by Crippen LogP contribution is 2.37. The summed E-state index contributed by atoms with van der Waals surface area (Å²) >= 11 is 6.20. The number of nitrogens with one attached hydrogen (secondary N) is 1. The molecular weight excluding hydrogens is 332 g/mol. The van der Waals surface area contributed by atoms with Gasteiger partial charge in [0.1, 0.15) is 11.8 Å². The number of likely N-dealkylation sites (tertiary alicyclic amines) is 1. The zero-order valence-corrected chi connectivity index (χ0v) is 14.3. The molecule has 1 saturated heterocycles. The molecule has 1 aromatic carbocycles. The number of rotatable bonds is 2. The minimum Gasteiger partial charge on any atom is -0.492 e. The van der Waals surface area contributed by atoms with Crippen LogP contribution in [0.4, 0.5) is 0 Å². The Kier molecular flexibility index (Phi) is 4.96. The maximum absolute atomic E-state index is 12.7. The Morgan fingerprint density at radius 3 is 2.96 bits per heavy atom. The fourth-order valence-electron chi connectivity index (χ4n) is 3.40. The van der Waals surface area contributed by atoms with Gasteiger partial charge in [-0.3, -0.25) is 9.59 Å². The number of carbonyl (C=O) groups excluding carboxylic acids is 2. The van der Waals surface area contributed by atoms with Crippen LogP contribution in [-0.2, 0) is 9.59 Å². The summed E-state index contributed by atoms with van der Waals surface area (Å²) in [5, 5.41) is 13.3. The summed E-state index contributed by atoms with van der Waals surface area (Å²) in [6, 6.07) is 4.62. The van der Waals surface area contributed by atoms with Crippen LogP contribution in [0.15, 0.2) is 18.2 Å². The van der Waals surface area contributed by atoms with Crippen molar-refractivity contribution in [2.24, 2.45) is 0 Å². The van der Waals surface area contributed by atoms with E-state index in [0.29, 0.717) is 17.4 Å². The molecule has 6 nitrogen and oxygen atoms in total. The minimum absolute atomic E-state index is 0.198. The number of aliphatic hydroxyl groups excluding tert-OH is 1. The molecule has 0 bridgehead atoms. The SMILES string of the molecule is CC(=O)N1C[C@H](O)C[C@@H]1C(=O)NC1CCCOc2c(Cl)cccc21. The van der Waals surface area contributed by atoms with Crippen LogP contribution in [0.25, 0.3) is 0 Å². The number of para-hydroxylation sites is 1. The van der Waals surface area contributed by atoms with E-state index in [1.807, 2.05) is 12.1 Å². The monoisotopic (exact) mass is 352 g/mol. The van der Waals surface area contributed by atoms with Gasteiger partial charge < -0.3 is 20.1 Å². The van der Waals surface area contributed by atoms with Crippen LogP contribution < -0.4 is 10.1 Å². The second-order valence-electron chi connectivity index (χ2n) is 6.29. The van der Waals surface area contributed by atoms with Crippen LogP contribution in [0.1, 0.15) is 37.8 Å². The second kappa shape index (κ2) is 6.99. The fraction of sp³-hybridized carbons (Fsp3) is 0.529. The fourth-order valence-corrected chi connectivity index (χ4v) is 3.63. The molecule has 3 atom stereocenters. The van der Waals surface area contributed by atoms with Crippen LogP contribution in [-0.4, -0.2) is 47.1 Å². The molecule has 0 aliphatic carbocycles. The van der Waals surface area contributed by atoms with E-state index in [9.17, 15) is 14.7 Å². The minimum atomic E-state index is -0.663. The first-order chi connectivity index (χ1) is 11.5. The summed E-state index contributed by atoms with van der Waals surface area (Å²) in [6.45, 7) is 2.15. The smallest absolute Gasteiger partial charge is 0.243 e. The number of benzene rings is 1. The van der Waals surface area contributed by atoms with Crippen molar-refractivity contribution in [1.82, 2.24) is 10.2 Å². The van der Waals surface area contributed by atoms with Gasteiger partial charge in [0.05, 0.1) is 23.8 Å². The zero-order valence-electron chi connectivity index (χ0n) is 13.5. The lowest BCUT2D eigenvalue weighted by molar-refractivity contribution is -0.137. The van der Waals surface area contributed by atoms with E-state index in [-0.39, 0.29) is 30.8 Å². The lowest BCUT2D eigenvalue weighted by Crippen LogP contribution is -2.46. The largest absolute Gasteiger partial charge is 0.492 e. The van der Waals surface area contributed by atoms with Gasteiger partial charge in [0, 0.05) is 25.5 Å². The molecule has 1 fully saturated rings.